The zero-order valence-corrected chi connectivity index (χ0v) is 16.7. The first-order valence-corrected chi connectivity index (χ1v) is 9.71. The first-order chi connectivity index (χ1) is 15.3. The van der Waals surface area contributed by atoms with Gasteiger partial charge in [-0.25, -0.2) is 15.0 Å². The lowest BCUT2D eigenvalue weighted by Gasteiger charge is -2.08. The molecule has 0 saturated carbocycles. The number of Topliss-reactive ketones (excluding diaryl/α,β-unsaturated/α-hetero) is 1. The zero-order chi connectivity index (χ0) is 22.7. The fraction of sp³-hybridized carbons (Fsp3) is 0.174. The maximum absolute atomic E-state index is 12.3. The molecule has 0 aliphatic heterocycles. The fourth-order valence-corrected chi connectivity index (χ4v) is 3.33. The van der Waals surface area contributed by atoms with Crippen molar-refractivity contribution in [3.63, 3.8) is 0 Å². The minimum absolute atomic E-state index is 0.0582. The van der Waals surface area contributed by atoms with E-state index in [1.165, 1.54) is 12.3 Å². The molecule has 3 aromatic heterocycles. The molecule has 0 saturated heterocycles. The van der Waals surface area contributed by atoms with Crippen LogP contribution in [0.15, 0.2) is 61.1 Å². The number of imidazole rings is 1. The monoisotopic (exact) mass is 435 g/mol. The predicted octanol–water partition coefficient (Wildman–Crippen LogP) is 4.78. The number of fused-ring (bicyclic) bond motifs is 1. The van der Waals surface area contributed by atoms with Crippen molar-refractivity contribution in [1.29, 1.82) is 5.26 Å². The Morgan fingerprint density at radius 3 is 2.72 bits per heavy atom. The van der Waals surface area contributed by atoms with Crippen LogP contribution in [0.1, 0.15) is 24.1 Å². The summed E-state index contributed by atoms with van der Waals surface area (Å²) >= 11 is 0. The van der Waals surface area contributed by atoms with Gasteiger partial charge in [-0.2, -0.15) is 18.4 Å². The van der Waals surface area contributed by atoms with Crippen LogP contribution < -0.4 is 0 Å². The molecule has 0 aliphatic rings. The van der Waals surface area contributed by atoms with Crippen LogP contribution in [0, 0.1) is 11.3 Å². The van der Waals surface area contributed by atoms with E-state index in [1.807, 2.05) is 16.5 Å². The van der Waals surface area contributed by atoms with Crippen LogP contribution in [-0.4, -0.2) is 31.3 Å². The summed E-state index contributed by atoms with van der Waals surface area (Å²) in [6.45, 7) is 0. The molecule has 0 fully saturated rings. The molecule has 160 valence electrons. The van der Waals surface area contributed by atoms with Gasteiger partial charge in [-0.1, -0.05) is 18.2 Å². The molecule has 0 N–H and O–H groups in total. The number of aromatic nitrogens is 4. The van der Waals surface area contributed by atoms with Crippen molar-refractivity contribution in [2.45, 2.75) is 25.4 Å². The van der Waals surface area contributed by atoms with E-state index in [4.69, 9.17) is 5.26 Å². The first kappa shape index (κ1) is 21.2. The molecule has 4 rings (SSSR count). The van der Waals surface area contributed by atoms with E-state index in [2.05, 4.69) is 15.0 Å². The average Bonchev–Trinajstić information content (AvgIpc) is 3.21. The lowest BCUT2D eigenvalue weighted by Crippen LogP contribution is -2.12. The van der Waals surface area contributed by atoms with Crippen LogP contribution in [-0.2, 0) is 11.2 Å². The molecule has 6 nitrogen and oxygen atoms in total. The van der Waals surface area contributed by atoms with Crippen LogP contribution >= 0.6 is 0 Å². The molecular formula is C23H16F3N5O. The lowest BCUT2D eigenvalue weighted by molar-refractivity contribution is -0.143. The van der Waals surface area contributed by atoms with Crippen LogP contribution in [0.2, 0.25) is 0 Å². The molecule has 32 heavy (non-hydrogen) atoms. The van der Waals surface area contributed by atoms with Crippen molar-refractivity contribution in [2.75, 3.05) is 0 Å². The molecule has 0 radical (unpaired) electrons. The van der Waals surface area contributed by atoms with Gasteiger partial charge >= 0.3 is 6.18 Å². The molecular weight excluding hydrogens is 419 g/mol. The largest absolute Gasteiger partial charge is 0.389 e. The number of rotatable bonds is 6. The summed E-state index contributed by atoms with van der Waals surface area (Å²) in [6.07, 6.45) is -1.04. The number of halogens is 3. The quantitative estimate of drug-likeness (QED) is 0.435. The number of ketones is 1. The summed E-state index contributed by atoms with van der Waals surface area (Å²) in [4.78, 5) is 24.7. The smallest absolute Gasteiger partial charge is 0.300 e. The standard InChI is InChI=1S/C23H16F3N5O/c24-23(25,26)7-4-19(32)11-15-2-1-3-16(10-15)20-14-29-21-12-17(6-9-31(20)21)22-28-8-5-18(13-27)30-22/h1-3,5-6,8-10,12,14H,4,7,11H2. The van der Waals surface area contributed by atoms with Gasteiger partial charge < -0.3 is 0 Å². The van der Waals surface area contributed by atoms with Gasteiger partial charge in [0.2, 0.25) is 0 Å². The molecule has 0 bridgehead atoms. The number of hydrogen-bond donors (Lipinski definition) is 0. The van der Waals surface area contributed by atoms with Crippen LogP contribution in [0.5, 0.6) is 0 Å². The lowest BCUT2D eigenvalue weighted by atomic mass is 10.0. The second-order valence-corrected chi connectivity index (χ2v) is 7.20. The van der Waals surface area contributed by atoms with E-state index in [0.29, 0.717) is 22.6 Å². The van der Waals surface area contributed by atoms with Gasteiger partial charge in [0.25, 0.3) is 0 Å². The van der Waals surface area contributed by atoms with Crippen molar-refractivity contribution < 1.29 is 18.0 Å². The first-order valence-electron chi connectivity index (χ1n) is 9.71. The maximum Gasteiger partial charge on any atom is 0.389 e. The Labute approximate surface area is 181 Å². The van der Waals surface area contributed by atoms with Crippen molar-refractivity contribution >= 4 is 11.4 Å². The number of benzene rings is 1. The summed E-state index contributed by atoms with van der Waals surface area (Å²) < 4.78 is 38.9. The predicted molar refractivity (Wildman–Crippen MR) is 110 cm³/mol. The highest BCUT2D eigenvalue weighted by molar-refractivity contribution is 5.81. The molecule has 3 heterocycles. The van der Waals surface area contributed by atoms with E-state index < -0.39 is 24.8 Å². The van der Waals surface area contributed by atoms with Gasteiger partial charge in [-0.15, -0.1) is 0 Å². The number of hydrogen-bond acceptors (Lipinski definition) is 5. The summed E-state index contributed by atoms with van der Waals surface area (Å²) in [5.74, 6) is -0.0441. The third kappa shape index (κ3) is 4.81. The van der Waals surface area contributed by atoms with Crippen molar-refractivity contribution in [3.05, 3.63) is 72.3 Å². The zero-order valence-electron chi connectivity index (χ0n) is 16.7. The van der Waals surface area contributed by atoms with E-state index in [1.54, 1.807) is 42.7 Å². The van der Waals surface area contributed by atoms with E-state index in [-0.39, 0.29) is 12.1 Å². The van der Waals surface area contributed by atoms with E-state index in [0.717, 1.165) is 11.3 Å². The summed E-state index contributed by atoms with van der Waals surface area (Å²) in [5, 5.41) is 9.02. The molecule has 0 spiro atoms. The van der Waals surface area contributed by atoms with Gasteiger partial charge in [0, 0.05) is 36.4 Å². The normalized spacial score (nSPS) is 11.4. The van der Waals surface area contributed by atoms with Gasteiger partial charge in [0.15, 0.2) is 5.82 Å². The molecule has 0 amide bonds. The summed E-state index contributed by atoms with van der Waals surface area (Å²) in [7, 11) is 0. The van der Waals surface area contributed by atoms with Crippen molar-refractivity contribution in [3.8, 4) is 28.7 Å². The maximum atomic E-state index is 12.3. The number of pyridine rings is 1. The van der Waals surface area contributed by atoms with E-state index in [9.17, 15) is 18.0 Å². The third-order valence-corrected chi connectivity index (χ3v) is 4.85. The number of nitrogens with zero attached hydrogens (tertiary/aromatic N) is 5. The molecule has 0 atom stereocenters. The fourth-order valence-electron chi connectivity index (χ4n) is 3.33. The van der Waals surface area contributed by atoms with Gasteiger partial charge in [0.1, 0.15) is 23.2 Å². The second-order valence-electron chi connectivity index (χ2n) is 7.20. The Kier molecular flexibility index (Phi) is 5.69. The highest BCUT2D eigenvalue weighted by atomic mass is 19.4. The number of carbonyl (C=O) groups excluding carboxylic acids is 1. The summed E-state index contributed by atoms with van der Waals surface area (Å²) in [5.41, 5.74) is 3.80. The van der Waals surface area contributed by atoms with E-state index >= 15 is 0 Å². The van der Waals surface area contributed by atoms with Crippen molar-refractivity contribution in [1.82, 2.24) is 19.4 Å². The highest BCUT2D eigenvalue weighted by Gasteiger charge is 2.27. The van der Waals surface area contributed by atoms with Gasteiger partial charge in [-0.05, 0) is 29.8 Å². The Hall–Kier alpha value is -4.06. The Bertz CT molecular complexity index is 1340. The van der Waals surface area contributed by atoms with Crippen LogP contribution in [0.4, 0.5) is 13.2 Å². The molecule has 0 aliphatic carbocycles. The Balaban J connectivity index is 1.58. The molecule has 4 aromatic rings. The van der Waals surface area contributed by atoms with Crippen LogP contribution in [0.3, 0.4) is 0 Å². The number of nitriles is 1. The molecule has 9 heteroatoms. The number of carbonyl (C=O) groups is 1. The SMILES string of the molecule is N#Cc1ccnc(-c2ccn3c(-c4cccc(CC(=O)CCC(F)(F)F)c4)cnc3c2)n1. The minimum atomic E-state index is -4.34. The Morgan fingerprint density at radius 1 is 1.09 bits per heavy atom. The number of alkyl halides is 3. The summed E-state index contributed by atoms with van der Waals surface area (Å²) in [6, 6.07) is 14.2. The molecule has 1 aromatic carbocycles. The molecule has 0 unspecified atom stereocenters. The highest BCUT2D eigenvalue weighted by Crippen LogP contribution is 2.26. The van der Waals surface area contributed by atoms with Gasteiger partial charge in [-0.3, -0.25) is 9.20 Å². The topological polar surface area (TPSA) is 83.9 Å². The van der Waals surface area contributed by atoms with Gasteiger partial charge in [0.05, 0.1) is 18.3 Å². The second kappa shape index (κ2) is 8.59. The van der Waals surface area contributed by atoms with Crippen molar-refractivity contribution in [2.24, 2.45) is 0 Å². The Morgan fingerprint density at radius 2 is 1.94 bits per heavy atom. The third-order valence-electron chi connectivity index (χ3n) is 4.85. The minimum Gasteiger partial charge on any atom is -0.300 e. The van der Waals surface area contributed by atoms with Crippen LogP contribution in [0.25, 0.3) is 28.3 Å². The average molecular weight is 435 g/mol.